The van der Waals surface area contributed by atoms with Crippen LogP contribution in [-0.4, -0.2) is 29.9 Å². The topological polar surface area (TPSA) is 46.3 Å². The first-order valence-corrected chi connectivity index (χ1v) is 5.56. The number of likely N-dealkylation sites (tertiary alicyclic amines) is 1. The number of halogens is 3. The van der Waals surface area contributed by atoms with E-state index >= 15 is 0 Å². The predicted octanol–water partition coefficient (Wildman–Crippen LogP) is 1.79. The molecule has 1 aromatic carbocycles. The van der Waals surface area contributed by atoms with Crippen LogP contribution >= 0.6 is 11.6 Å². The fraction of sp³-hybridized carbons (Fsp3) is 0.364. The Bertz CT molecular complexity index is 467. The van der Waals surface area contributed by atoms with Gasteiger partial charge in [0.05, 0.1) is 10.6 Å². The van der Waals surface area contributed by atoms with E-state index in [-0.39, 0.29) is 16.6 Å². The van der Waals surface area contributed by atoms with E-state index in [0.717, 1.165) is 12.1 Å². The van der Waals surface area contributed by atoms with E-state index in [1.807, 2.05) is 0 Å². The van der Waals surface area contributed by atoms with Crippen molar-refractivity contribution in [1.82, 2.24) is 4.90 Å². The smallest absolute Gasteiger partial charge is 0.256 e. The van der Waals surface area contributed by atoms with Gasteiger partial charge in [-0.3, -0.25) is 4.79 Å². The summed E-state index contributed by atoms with van der Waals surface area (Å²) in [5.41, 5.74) is 5.35. The van der Waals surface area contributed by atoms with E-state index in [9.17, 15) is 13.6 Å². The average molecular weight is 261 g/mol. The molecule has 6 heteroatoms. The zero-order valence-corrected chi connectivity index (χ0v) is 9.68. The van der Waals surface area contributed by atoms with E-state index < -0.39 is 17.5 Å². The molecule has 0 unspecified atom stereocenters. The van der Waals surface area contributed by atoms with Gasteiger partial charge in [-0.2, -0.15) is 0 Å². The fourth-order valence-electron chi connectivity index (χ4n) is 1.83. The number of carbonyl (C=O) groups excluding carboxylic acids is 1. The molecule has 1 aromatic rings. The Kier molecular flexibility index (Phi) is 3.31. The normalized spacial score (nSPS) is 19.8. The van der Waals surface area contributed by atoms with Gasteiger partial charge in [0.1, 0.15) is 11.6 Å². The van der Waals surface area contributed by atoms with Crippen LogP contribution in [0.3, 0.4) is 0 Å². The molecule has 3 nitrogen and oxygen atoms in total. The Hall–Kier alpha value is -1.20. The molecule has 1 saturated heterocycles. The van der Waals surface area contributed by atoms with Crippen LogP contribution in [0.5, 0.6) is 0 Å². The molecule has 0 radical (unpaired) electrons. The number of amides is 1. The minimum atomic E-state index is -0.818. The molecular formula is C11H11ClF2N2O. The second-order valence-corrected chi connectivity index (χ2v) is 4.45. The zero-order chi connectivity index (χ0) is 12.6. The maximum Gasteiger partial charge on any atom is 0.256 e. The molecule has 0 spiro atoms. The third-order valence-electron chi connectivity index (χ3n) is 2.75. The van der Waals surface area contributed by atoms with E-state index in [0.29, 0.717) is 19.5 Å². The van der Waals surface area contributed by atoms with Gasteiger partial charge in [-0.1, -0.05) is 11.6 Å². The summed E-state index contributed by atoms with van der Waals surface area (Å²) in [5.74, 6) is -2.17. The summed E-state index contributed by atoms with van der Waals surface area (Å²) in [4.78, 5) is 13.3. The molecule has 0 bridgehead atoms. The first-order valence-electron chi connectivity index (χ1n) is 5.18. The molecule has 17 heavy (non-hydrogen) atoms. The van der Waals surface area contributed by atoms with Gasteiger partial charge in [-0.15, -0.1) is 0 Å². The van der Waals surface area contributed by atoms with Crippen LogP contribution in [0.1, 0.15) is 16.8 Å². The standard InChI is InChI=1S/C11H11ClF2N2O/c12-8-4-9(13)7(3-10(8)14)11(17)16-2-1-6(15)5-16/h3-4,6H,1-2,5,15H2/t6-/m1/s1. The Labute approximate surface area is 102 Å². The summed E-state index contributed by atoms with van der Waals surface area (Å²) >= 11 is 5.41. The lowest BCUT2D eigenvalue weighted by molar-refractivity contribution is 0.0785. The van der Waals surface area contributed by atoms with Crippen LogP contribution in [0.2, 0.25) is 5.02 Å². The fourth-order valence-corrected chi connectivity index (χ4v) is 1.98. The highest BCUT2D eigenvalue weighted by Gasteiger charge is 2.27. The predicted molar refractivity (Wildman–Crippen MR) is 59.9 cm³/mol. The monoisotopic (exact) mass is 260 g/mol. The summed E-state index contributed by atoms with van der Waals surface area (Å²) < 4.78 is 26.7. The molecule has 0 saturated carbocycles. The van der Waals surface area contributed by atoms with Crippen molar-refractivity contribution in [1.29, 1.82) is 0 Å². The van der Waals surface area contributed by atoms with Gasteiger partial charge in [-0.25, -0.2) is 8.78 Å². The van der Waals surface area contributed by atoms with Crippen molar-refractivity contribution < 1.29 is 13.6 Å². The number of benzene rings is 1. The highest BCUT2D eigenvalue weighted by atomic mass is 35.5. The minimum absolute atomic E-state index is 0.0980. The Balaban J connectivity index is 2.28. The third kappa shape index (κ3) is 2.40. The van der Waals surface area contributed by atoms with Crippen molar-refractivity contribution in [2.24, 2.45) is 5.73 Å². The number of carbonyl (C=O) groups is 1. The van der Waals surface area contributed by atoms with Crippen molar-refractivity contribution in [3.8, 4) is 0 Å². The molecule has 92 valence electrons. The summed E-state index contributed by atoms with van der Waals surface area (Å²) in [7, 11) is 0. The lowest BCUT2D eigenvalue weighted by Gasteiger charge is -2.16. The summed E-state index contributed by atoms with van der Waals surface area (Å²) in [6.45, 7) is 0.826. The number of nitrogens with two attached hydrogens (primary N) is 1. The Morgan fingerprint density at radius 2 is 2.12 bits per heavy atom. The van der Waals surface area contributed by atoms with Crippen molar-refractivity contribution in [2.45, 2.75) is 12.5 Å². The zero-order valence-electron chi connectivity index (χ0n) is 8.92. The first-order chi connectivity index (χ1) is 7.99. The van der Waals surface area contributed by atoms with Gasteiger partial charge in [-0.05, 0) is 18.6 Å². The van der Waals surface area contributed by atoms with Gasteiger partial charge in [0.2, 0.25) is 0 Å². The quantitative estimate of drug-likeness (QED) is 0.783. The van der Waals surface area contributed by atoms with Crippen molar-refractivity contribution >= 4 is 17.5 Å². The molecule has 1 atom stereocenters. The van der Waals surface area contributed by atoms with Crippen LogP contribution in [0.25, 0.3) is 0 Å². The van der Waals surface area contributed by atoms with Gasteiger partial charge in [0, 0.05) is 19.1 Å². The molecule has 0 aliphatic carbocycles. The SMILES string of the molecule is N[C@@H]1CCN(C(=O)c2cc(F)c(Cl)cc2F)C1. The van der Waals surface area contributed by atoms with Crippen molar-refractivity contribution in [2.75, 3.05) is 13.1 Å². The minimum Gasteiger partial charge on any atom is -0.337 e. The van der Waals surface area contributed by atoms with E-state index in [1.54, 1.807) is 0 Å². The maximum absolute atomic E-state index is 13.5. The molecule has 1 aliphatic rings. The average Bonchev–Trinajstić information content (AvgIpc) is 2.69. The molecule has 1 heterocycles. The lowest BCUT2D eigenvalue weighted by Crippen LogP contribution is -2.32. The van der Waals surface area contributed by atoms with Gasteiger partial charge in [0.25, 0.3) is 5.91 Å². The first kappa shape index (κ1) is 12.3. The van der Waals surface area contributed by atoms with Crippen molar-refractivity contribution in [3.63, 3.8) is 0 Å². The highest BCUT2D eigenvalue weighted by Crippen LogP contribution is 2.21. The molecule has 0 aromatic heterocycles. The van der Waals surface area contributed by atoms with Crippen LogP contribution < -0.4 is 5.73 Å². The van der Waals surface area contributed by atoms with Gasteiger partial charge >= 0.3 is 0 Å². The van der Waals surface area contributed by atoms with Gasteiger partial charge < -0.3 is 10.6 Å². The van der Waals surface area contributed by atoms with E-state index in [2.05, 4.69) is 0 Å². The number of nitrogens with zero attached hydrogens (tertiary/aromatic N) is 1. The molecule has 1 fully saturated rings. The van der Waals surface area contributed by atoms with Crippen LogP contribution in [0.4, 0.5) is 8.78 Å². The van der Waals surface area contributed by atoms with Crippen LogP contribution in [-0.2, 0) is 0 Å². The second kappa shape index (κ2) is 4.58. The van der Waals surface area contributed by atoms with E-state index in [1.165, 1.54) is 4.90 Å². The number of hydrogen-bond acceptors (Lipinski definition) is 2. The largest absolute Gasteiger partial charge is 0.337 e. The van der Waals surface area contributed by atoms with Crippen LogP contribution in [0, 0.1) is 11.6 Å². The second-order valence-electron chi connectivity index (χ2n) is 4.05. The Morgan fingerprint density at radius 1 is 1.41 bits per heavy atom. The third-order valence-corrected chi connectivity index (χ3v) is 3.04. The summed E-state index contributed by atoms with van der Waals surface area (Å²) in [6, 6.07) is 1.53. The number of rotatable bonds is 1. The maximum atomic E-state index is 13.5. The lowest BCUT2D eigenvalue weighted by atomic mass is 10.2. The summed E-state index contributed by atoms with van der Waals surface area (Å²) in [6.07, 6.45) is 0.670. The molecule has 2 N–H and O–H groups in total. The molecule has 2 rings (SSSR count). The molecule has 1 amide bonds. The number of hydrogen-bond donors (Lipinski definition) is 1. The molecule has 1 aliphatic heterocycles. The van der Waals surface area contributed by atoms with E-state index in [4.69, 9.17) is 17.3 Å². The highest BCUT2D eigenvalue weighted by molar-refractivity contribution is 6.30. The Morgan fingerprint density at radius 3 is 2.71 bits per heavy atom. The van der Waals surface area contributed by atoms with Gasteiger partial charge in [0.15, 0.2) is 0 Å². The molecular weight excluding hydrogens is 250 g/mol. The van der Waals surface area contributed by atoms with Crippen molar-refractivity contribution in [3.05, 3.63) is 34.4 Å². The summed E-state index contributed by atoms with van der Waals surface area (Å²) in [5, 5.41) is -0.336. The van der Waals surface area contributed by atoms with Crippen LogP contribution in [0.15, 0.2) is 12.1 Å².